The highest BCUT2D eigenvalue weighted by atomic mass is 17.2. The Morgan fingerprint density at radius 2 is 2.09 bits per heavy atom. The highest BCUT2D eigenvalue weighted by molar-refractivity contribution is 5.75. The van der Waals surface area contributed by atoms with Gasteiger partial charge in [0.05, 0.1) is 6.10 Å². The van der Waals surface area contributed by atoms with E-state index in [1.807, 2.05) is 0 Å². The standard InChI is InChI=1S/C14H20N2O7/c1-7-6-16(13(20)15-11(7)18)9-5-8(17)10(21-9)12(19)22-23-14(2,3)4/h6,8-10,17H,5H2,1-4H3,(H,15,18,20)/t8-,9+,10-/m0/s1. The lowest BCUT2D eigenvalue weighted by atomic mass is 10.2. The third kappa shape index (κ3) is 4.06. The molecule has 9 nitrogen and oxygen atoms in total. The number of nitrogens with one attached hydrogen (secondary N) is 1. The quantitative estimate of drug-likeness (QED) is 0.580. The molecule has 128 valence electrons. The molecule has 2 rings (SSSR count). The second-order valence-electron chi connectivity index (χ2n) is 6.39. The maximum atomic E-state index is 11.9. The Hall–Kier alpha value is -1.97. The minimum atomic E-state index is -1.28. The number of rotatable bonds is 3. The first kappa shape index (κ1) is 17.4. The van der Waals surface area contributed by atoms with Crippen LogP contribution < -0.4 is 11.2 Å². The maximum absolute atomic E-state index is 11.9. The molecule has 0 bridgehead atoms. The summed E-state index contributed by atoms with van der Waals surface area (Å²) in [5, 5.41) is 9.97. The number of ether oxygens (including phenoxy) is 1. The molecule has 1 aliphatic heterocycles. The topological polar surface area (TPSA) is 120 Å². The van der Waals surface area contributed by atoms with Gasteiger partial charge in [0, 0.05) is 18.2 Å². The SMILES string of the molecule is Cc1cn([C@H]2C[C@H](O)[C@@H](C(=O)OOC(C)(C)C)O2)c(=O)[nH]c1=O. The van der Waals surface area contributed by atoms with E-state index in [0.717, 1.165) is 4.57 Å². The zero-order valence-corrected chi connectivity index (χ0v) is 13.4. The summed E-state index contributed by atoms with van der Waals surface area (Å²) in [6, 6.07) is 0. The molecule has 0 saturated carbocycles. The molecule has 1 fully saturated rings. The van der Waals surface area contributed by atoms with Gasteiger partial charge in [-0.15, -0.1) is 0 Å². The van der Waals surface area contributed by atoms with Crippen molar-refractivity contribution in [2.45, 2.75) is 58.2 Å². The number of carbonyl (C=O) groups is 1. The monoisotopic (exact) mass is 328 g/mol. The molecule has 1 aromatic rings. The first-order valence-corrected chi connectivity index (χ1v) is 7.13. The van der Waals surface area contributed by atoms with Gasteiger partial charge in [0.1, 0.15) is 11.8 Å². The first-order chi connectivity index (χ1) is 10.6. The largest absolute Gasteiger partial charge is 0.390 e. The summed E-state index contributed by atoms with van der Waals surface area (Å²) in [5.74, 6) is -0.885. The van der Waals surface area contributed by atoms with Crippen LogP contribution in [0.15, 0.2) is 15.8 Å². The van der Waals surface area contributed by atoms with Crippen LogP contribution in [-0.2, 0) is 19.3 Å². The number of aromatic amines is 1. The summed E-state index contributed by atoms with van der Waals surface area (Å²) in [5.41, 5.74) is -1.58. The smallest absolute Gasteiger partial charge is 0.373 e. The van der Waals surface area contributed by atoms with Crippen LogP contribution in [0.1, 0.15) is 39.0 Å². The number of carbonyl (C=O) groups excluding carboxylic acids is 1. The molecule has 0 unspecified atom stereocenters. The van der Waals surface area contributed by atoms with Crippen molar-refractivity contribution < 1.29 is 24.4 Å². The van der Waals surface area contributed by atoms with Gasteiger partial charge in [-0.3, -0.25) is 19.2 Å². The number of aliphatic hydroxyl groups excluding tert-OH is 1. The van der Waals surface area contributed by atoms with Gasteiger partial charge in [-0.05, 0) is 27.7 Å². The normalized spacial score (nSPS) is 24.7. The van der Waals surface area contributed by atoms with Gasteiger partial charge in [-0.1, -0.05) is 0 Å². The average molecular weight is 328 g/mol. The molecule has 0 radical (unpaired) electrons. The minimum absolute atomic E-state index is 0.000670. The van der Waals surface area contributed by atoms with Crippen molar-refractivity contribution in [1.82, 2.24) is 9.55 Å². The van der Waals surface area contributed by atoms with E-state index < -0.39 is 41.3 Å². The summed E-state index contributed by atoms with van der Waals surface area (Å²) < 4.78 is 6.52. The average Bonchev–Trinajstić information content (AvgIpc) is 2.81. The van der Waals surface area contributed by atoms with Crippen LogP contribution in [0.5, 0.6) is 0 Å². The molecule has 0 amide bonds. The fourth-order valence-electron chi connectivity index (χ4n) is 2.05. The van der Waals surface area contributed by atoms with Crippen LogP contribution in [-0.4, -0.2) is 38.4 Å². The van der Waals surface area contributed by atoms with Crippen molar-refractivity contribution in [3.8, 4) is 0 Å². The first-order valence-electron chi connectivity index (χ1n) is 7.13. The van der Waals surface area contributed by atoms with Crippen LogP contribution in [0.4, 0.5) is 0 Å². The lowest BCUT2D eigenvalue weighted by molar-refractivity contribution is -0.326. The van der Waals surface area contributed by atoms with Crippen LogP contribution >= 0.6 is 0 Å². The molecular weight excluding hydrogens is 308 g/mol. The minimum Gasteiger partial charge on any atom is -0.390 e. The zero-order chi connectivity index (χ0) is 17.4. The van der Waals surface area contributed by atoms with Crippen LogP contribution in [0, 0.1) is 6.92 Å². The molecule has 2 heterocycles. The Morgan fingerprint density at radius 3 is 2.70 bits per heavy atom. The summed E-state index contributed by atoms with van der Waals surface area (Å²) >= 11 is 0. The number of aryl methyl sites for hydroxylation is 1. The maximum Gasteiger partial charge on any atom is 0.373 e. The summed E-state index contributed by atoms with van der Waals surface area (Å²) in [4.78, 5) is 46.8. The van der Waals surface area contributed by atoms with Gasteiger partial charge in [0.25, 0.3) is 5.56 Å². The predicted molar refractivity (Wildman–Crippen MR) is 77.5 cm³/mol. The zero-order valence-electron chi connectivity index (χ0n) is 13.4. The third-order valence-corrected chi connectivity index (χ3v) is 3.16. The summed E-state index contributed by atoms with van der Waals surface area (Å²) in [6.07, 6.45) is -2.00. The molecule has 1 aliphatic rings. The lowest BCUT2D eigenvalue weighted by Crippen LogP contribution is -2.35. The molecule has 23 heavy (non-hydrogen) atoms. The van der Waals surface area contributed by atoms with Gasteiger partial charge >= 0.3 is 11.7 Å². The summed E-state index contributed by atoms with van der Waals surface area (Å²) in [6.45, 7) is 6.61. The van der Waals surface area contributed by atoms with Crippen LogP contribution in [0.2, 0.25) is 0 Å². The van der Waals surface area contributed by atoms with Crippen molar-refractivity contribution in [3.63, 3.8) is 0 Å². The second-order valence-corrected chi connectivity index (χ2v) is 6.39. The molecule has 9 heteroatoms. The molecular formula is C14H20N2O7. The predicted octanol–water partition coefficient (Wildman–Crippen LogP) is -0.233. The van der Waals surface area contributed by atoms with E-state index in [9.17, 15) is 19.5 Å². The third-order valence-electron chi connectivity index (χ3n) is 3.16. The molecule has 3 atom stereocenters. The Labute approximate surface area is 131 Å². The highest BCUT2D eigenvalue weighted by Crippen LogP contribution is 2.28. The highest BCUT2D eigenvalue weighted by Gasteiger charge is 2.42. The van der Waals surface area contributed by atoms with Gasteiger partial charge in [-0.2, -0.15) is 4.89 Å². The molecule has 0 aliphatic carbocycles. The van der Waals surface area contributed by atoms with Crippen molar-refractivity contribution in [3.05, 3.63) is 32.6 Å². The second kappa shape index (κ2) is 6.26. The van der Waals surface area contributed by atoms with E-state index in [1.54, 1.807) is 20.8 Å². The van der Waals surface area contributed by atoms with E-state index in [4.69, 9.17) is 9.62 Å². The molecule has 1 aromatic heterocycles. The van der Waals surface area contributed by atoms with Crippen molar-refractivity contribution in [1.29, 1.82) is 0 Å². The molecule has 1 saturated heterocycles. The molecule has 0 aromatic carbocycles. The number of hydrogen-bond donors (Lipinski definition) is 2. The number of H-pyrrole nitrogens is 1. The molecule has 0 spiro atoms. The number of nitrogens with zero attached hydrogens (tertiary/aromatic N) is 1. The number of aliphatic hydroxyl groups is 1. The fourth-order valence-corrected chi connectivity index (χ4v) is 2.05. The Bertz CT molecular complexity index is 700. The van der Waals surface area contributed by atoms with Crippen molar-refractivity contribution >= 4 is 5.97 Å². The van der Waals surface area contributed by atoms with E-state index in [-0.39, 0.29) is 6.42 Å². The van der Waals surface area contributed by atoms with Crippen LogP contribution in [0.3, 0.4) is 0 Å². The van der Waals surface area contributed by atoms with Crippen molar-refractivity contribution in [2.24, 2.45) is 0 Å². The van der Waals surface area contributed by atoms with Crippen LogP contribution in [0.25, 0.3) is 0 Å². The fraction of sp³-hybridized carbons (Fsp3) is 0.643. The van der Waals surface area contributed by atoms with Gasteiger partial charge in [0.15, 0.2) is 6.10 Å². The number of hydrogen-bond acceptors (Lipinski definition) is 7. The Morgan fingerprint density at radius 1 is 1.43 bits per heavy atom. The Kier molecular flexibility index (Phi) is 4.73. The van der Waals surface area contributed by atoms with E-state index >= 15 is 0 Å². The summed E-state index contributed by atoms with van der Waals surface area (Å²) in [7, 11) is 0. The number of aromatic nitrogens is 2. The lowest BCUT2D eigenvalue weighted by Gasteiger charge is -2.19. The van der Waals surface area contributed by atoms with Gasteiger partial charge in [0.2, 0.25) is 0 Å². The van der Waals surface area contributed by atoms with Crippen molar-refractivity contribution in [2.75, 3.05) is 0 Å². The van der Waals surface area contributed by atoms with Gasteiger partial charge < -0.3 is 9.84 Å². The van der Waals surface area contributed by atoms with Gasteiger partial charge in [-0.25, -0.2) is 9.59 Å². The van der Waals surface area contributed by atoms with E-state index in [2.05, 4.69) is 9.87 Å². The molecule has 2 N–H and O–H groups in total. The van der Waals surface area contributed by atoms with E-state index in [0.29, 0.717) is 5.56 Å². The Balaban J connectivity index is 2.12. The van der Waals surface area contributed by atoms with E-state index in [1.165, 1.54) is 13.1 Å².